The van der Waals surface area contributed by atoms with Crippen molar-refractivity contribution in [3.8, 4) is 0 Å². The first-order chi connectivity index (χ1) is 10.6. The molecule has 23 heavy (non-hydrogen) atoms. The summed E-state index contributed by atoms with van der Waals surface area (Å²) in [7, 11) is -3.44. The maximum Gasteiger partial charge on any atom is 0.243 e. The first kappa shape index (κ1) is 18.2. The van der Waals surface area contributed by atoms with Crippen molar-refractivity contribution in [2.45, 2.75) is 30.7 Å². The summed E-state index contributed by atoms with van der Waals surface area (Å²) in [5, 5.41) is 5.28. The first-order valence-corrected chi connectivity index (χ1v) is 9.28. The number of rotatable bonds is 5. The Morgan fingerprint density at radius 2 is 1.91 bits per heavy atom. The molecule has 1 aliphatic heterocycles. The van der Waals surface area contributed by atoms with Gasteiger partial charge < -0.3 is 5.32 Å². The lowest BCUT2D eigenvalue weighted by Crippen LogP contribution is -2.41. The Morgan fingerprint density at radius 1 is 1.17 bits per heavy atom. The minimum atomic E-state index is -3.44. The van der Waals surface area contributed by atoms with Gasteiger partial charge in [0.1, 0.15) is 0 Å². The Balaban J connectivity index is 0.00000192. The average molecular weight is 355 g/mol. The molecule has 6 heteroatoms. The van der Waals surface area contributed by atoms with E-state index in [4.69, 9.17) is 0 Å². The van der Waals surface area contributed by atoms with Crippen molar-refractivity contribution in [1.82, 2.24) is 9.62 Å². The summed E-state index contributed by atoms with van der Waals surface area (Å²) in [6.07, 6.45) is 1.70. The molecule has 0 saturated carbocycles. The van der Waals surface area contributed by atoms with Crippen LogP contribution < -0.4 is 5.32 Å². The maximum absolute atomic E-state index is 13.1. The van der Waals surface area contributed by atoms with Gasteiger partial charge in [0, 0.05) is 19.1 Å². The van der Waals surface area contributed by atoms with Crippen LogP contribution in [0, 0.1) is 0 Å². The SMILES string of the molecule is CCCN(C1CCNC1)S(=O)(=O)c1ccc2ccccc2c1.Cl. The van der Waals surface area contributed by atoms with E-state index in [-0.39, 0.29) is 18.4 Å². The molecule has 1 unspecified atom stereocenters. The van der Waals surface area contributed by atoms with Crippen LogP contribution in [0.2, 0.25) is 0 Å². The molecule has 1 N–H and O–H groups in total. The molecule has 1 heterocycles. The van der Waals surface area contributed by atoms with Gasteiger partial charge in [-0.3, -0.25) is 0 Å². The molecular weight excluding hydrogens is 332 g/mol. The monoisotopic (exact) mass is 354 g/mol. The molecule has 3 rings (SSSR count). The van der Waals surface area contributed by atoms with Crippen LogP contribution in [0.4, 0.5) is 0 Å². The lowest BCUT2D eigenvalue weighted by atomic mass is 10.1. The minimum Gasteiger partial charge on any atom is -0.315 e. The molecule has 1 fully saturated rings. The van der Waals surface area contributed by atoms with Gasteiger partial charge in [-0.05, 0) is 42.3 Å². The van der Waals surface area contributed by atoms with Crippen molar-refractivity contribution in [2.24, 2.45) is 0 Å². The molecule has 2 aromatic carbocycles. The van der Waals surface area contributed by atoms with Crippen molar-refractivity contribution in [3.63, 3.8) is 0 Å². The Hall–Kier alpha value is -1.14. The van der Waals surface area contributed by atoms with Gasteiger partial charge in [0.15, 0.2) is 0 Å². The zero-order valence-corrected chi connectivity index (χ0v) is 14.9. The molecule has 4 nitrogen and oxygen atoms in total. The predicted molar refractivity (Wildman–Crippen MR) is 96.7 cm³/mol. The van der Waals surface area contributed by atoms with Crippen molar-refractivity contribution in [3.05, 3.63) is 42.5 Å². The van der Waals surface area contributed by atoms with Gasteiger partial charge in [0.25, 0.3) is 0 Å². The smallest absolute Gasteiger partial charge is 0.243 e. The van der Waals surface area contributed by atoms with E-state index in [9.17, 15) is 8.42 Å². The van der Waals surface area contributed by atoms with Crippen LogP contribution in [0.5, 0.6) is 0 Å². The molecule has 2 aromatic rings. The normalized spacial score (nSPS) is 18.3. The fourth-order valence-electron chi connectivity index (χ4n) is 3.07. The highest BCUT2D eigenvalue weighted by Crippen LogP contribution is 2.25. The van der Waals surface area contributed by atoms with Gasteiger partial charge in [0.05, 0.1) is 4.90 Å². The molecule has 0 amide bonds. The topological polar surface area (TPSA) is 49.4 Å². The molecule has 1 atom stereocenters. The molecule has 0 radical (unpaired) electrons. The maximum atomic E-state index is 13.1. The number of nitrogens with zero attached hydrogens (tertiary/aromatic N) is 1. The van der Waals surface area contributed by atoms with E-state index in [0.29, 0.717) is 11.4 Å². The van der Waals surface area contributed by atoms with E-state index in [0.717, 1.165) is 36.7 Å². The first-order valence-electron chi connectivity index (χ1n) is 7.84. The lowest BCUT2D eigenvalue weighted by Gasteiger charge is -2.27. The van der Waals surface area contributed by atoms with Crippen LogP contribution in [-0.4, -0.2) is 38.4 Å². The van der Waals surface area contributed by atoms with E-state index >= 15 is 0 Å². The minimum absolute atomic E-state index is 0. The third-order valence-corrected chi connectivity index (χ3v) is 6.16. The highest BCUT2D eigenvalue weighted by molar-refractivity contribution is 7.89. The van der Waals surface area contributed by atoms with Crippen molar-refractivity contribution in [1.29, 1.82) is 0 Å². The Kier molecular flexibility index (Phi) is 6.03. The summed E-state index contributed by atoms with van der Waals surface area (Å²) in [6.45, 7) is 4.22. The average Bonchev–Trinajstić information content (AvgIpc) is 3.06. The van der Waals surface area contributed by atoms with E-state index < -0.39 is 10.0 Å². The van der Waals surface area contributed by atoms with Gasteiger partial charge in [-0.1, -0.05) is 37.3 Å². The Bertz CT molecular complexity index is 758. The van der Waals surface area contributed by atoms with Crippen molar-refractivity contribution in [2.75, 3.05) is 19.6 Å². The summed E-state index contributed by atoms with van der Waals surface area (Å²) in [5.74, 6) is 0. The third-order valence-electron chi connectivity index (χ3n) is 4.21. The second-order valence-corrected chi connectivity index (χ2v) is 7.66. The lowest BCUT2D eigenvalue weighted by molar-refractivity contribution is 0.335. The quantitative estimate of drug-likeness (QED) is 0.897. The highest BCUT2D eigenvalue weighted by Gasteiger charge is 2.32. The number of hydrogen-bond donors (Lipinski definition) is 1. The van der Waals surface area contributed by atoms with E-state index in [1.54, 1.807) is 16.4 Å². The molecule has 0 aliphatic carbocycles. The zero-order chi connectivity index (χ0) is 15.6. The zero-order valence-electron chi connectivity index (χ0n) is 13.2. The van der Waals surface area contributed by atoms with Gasteiger partial charge >= 0.3 is 0 Å². The van der Waals surface area contributed by atoms with Gasteiger partial charge in [-0.15, -0.1) is 12.4 Å². The molecule has 0 bridgehead atoms. The molecule has 1 saturated heterocycles. The van der Waals surface area contributed by atoms with Crippen LogP contribution >= 0.6 is 12.4 Å². The van der Waals surface area contributed by atoms with Gasteiger partial charge in [-0.25, -0.2) is 8.42 Å². The summed E-state index contributed by atoms with van der Waals surface area (Å²) < 4.78 is 27.8. The number of hydrogen-bond acceptors (Lipinski definition) is 3. The van der Waals surface area contributed by atoms with Crippen LogP contribution in [-0.2, 0) is 10.0 Å². The van der Waals surface area contributed by atoms with E-state index in [1.165, 1.54) is 0 Å². The number of fused-ring (bicyclic) bond motifs is 1. The summed E-state index contributed by atoms with van der Waals surface area (Å²) in [4.78, 5) is 0.395. The van der Waals surface area contributed by atoms with Crippen LogP contribution in [0.15, 0.2) is 47.4 Å². The summed E-state index contributed by atoms with van der Waals surface area (Å²) in [5.41, 5.74) is 0. The van der Waals surface area contributed by atoms with Crippen LogP contribution in [0.25, 0.3) is 10.8 Å². The Labute approximate surface area is 144 Å². The second kappa shape index (κ2) is 7.62. The molecule has 0 aromatic heterocycles. The predicted octanol–water partition coefficient (Wildman–Crippen LogP) is 3.02. The molecular formula is C17H23ClN2O2S. The standard InChI is InChI=1S/C17H22N2O2S.ClH/c1-2-11-19(16-9-10-18-13-16)22(20,21)17-8-7-14-5-3-4-6-15(14)12-17;/h3-8,12,16,18H,2,9-11,13H2,1H3;1H. The molecule has 126 valence electrons. The number of sulfonamides is 1. The van der Waals surface area contributed by atoms with E-state index in [1.807, 2.05) is 37.3 Å². The largest absolute Gasteiger partial charge is 0.315 e. The third kappa shape index (κ3) is 3.69. The summed E-state index contributed by atoms with van der Waals surface area (Å²) in [6, 6.07) is 13.3. The van der Waals surface area contributed by atoms with Gasteiger partial charge in [0.2, 0.25) is 10.0 Å². The fourth-order valence-corrected chi connectivity index (χ4v) is 4.85. The molecule has 1 aliphatic rings. The van der Waals surface area contributed by atoms with Gasteiger partial charge in [-0.2, -0.15) is 4.31 Å². The van der Waals surface area contributed by atoms with Crippen LogP contribution in [0.1, 0.15) is 19.8 Å². The second-order valence-electron chi connectivity index (χ2n) is 5.77. The van der Waals surface area contributed by atoms with Crippen molar-refractivity contribution < 1.29 is 8.42 Å². The number of nitrogens with one attached hydrogen (secondary N) is 1. The van der Waals surface area contributed by atoms with Crippen LogP contribution in [0.3, 0.4) is 0 Å². The van der Waals surface area contributed by atoms with Crippen molar-refractivity contribution >= 4 is 33.2 Å². The highest BCUT2D eigenvalue weighted by atomic mass is 35.5. The summed E-state index contributed by atoms with van der Waals surface area (Å²) >= 11 is 0. The Morgan fingerprint density at radius 3 is 2.57 bits per heavy atom. The van der Waals surface area contributed by atoms with E-state index in [2.05, 4.69) is 5.32 Å². The molecule has 0 spiro atoms. The fraction of sp³-hybridized carbons (Fsp3) is 0.412. The number of halogens is 1. The number of benzene rings is 2.